The number of rotatable bonds is 6. The summed E-state index contributed by atoms with van der Waals surface area (Å²) in [7, 11) is 1.43. The molecule has 1 rings (SSSR count). The van der Waals surface area contributed by atoms with Gasteiger partial charge in [-0.25, -0.2) is 4.79 Å². The summed E-state index contributed by atoms with van der Waals surface area (Å²) in [5, 5.41) is 25.4. The van der Waals surface area contributed by atoms with Crippen molar-refractivity contribution >= 4 is 97.2 Å². The Balaban J connectivity index is 3.64. The fraction of sp³-hybridized carbons (Fsp3) is 0.286. The average molecular weight is 701 g/mol. The van der Waals surface area contributed by atoms with Crippen LogP contribution in [-0.2, 0) is 9.59 Å². The van der Waals surface area contributed by atoms with Crippen LogP contribution in [0.1, 0.15) is 27.6 Å². The molecule has 0 spiro atoms. The minimum Gasteiger partial charge on any atom is -0.480 e. The molecule has 1 atom stereocenters. The lowest BCUT2D eigenvalue weighted by atomic mass is 10.1. The van der Waals surface area contributed by atoms with Gasteiger partial charge in [-0.05, 0) is 67.8 Å². The summed E-state index contributed by atoms with van der Waals surface area (Å²) >= 11 is 5.56. The van der Waals surface area contributed by atoms with E-state index in [1.807, 2.05) is 67.8 Å². The third kappa shape index (κ3) is 5.16. The molecular weight excluding hydrogens is 687 g/mol. The van der Waals surface area contributed by atoms with Crippen molar-refractivity contribution in [1.29, 1.82) is 0 Å². The van der Waals surface area contributed by atoms with Crippen molar-refractivity contribution in [3.63, 3.8) is 0 Å². The van der Waals surface area contributed by atoms with Gasteiger partial charge in [0.1, 0.15) is 0 Å². The van der Waals surface area contributed by atoms with Crippen LogP contribution in [-0.4, -0.2) is 53.6 Å². The van der Waals surface area contributed by atoms with Gasteiger partial charge in [0.25, 0.3) is 11.8 Å². The number of carboxylic acids is 1. The fourth-order valence-electron chi connectivity index (χ4n) is 1.89. The number of carboxylic acid groups (broad SMARTS) is 1. The summed E-state index contributed by atoms with van der Waals surface area (Å²) in [4.78, 5) is 47.5. The molecule has 142 valence electrons. The van der Waals surface area contributed by atoms with E-state index in [4.69, 9.17) is 10.2 Å². The van der Waals surface area contributed by atoms with Crippen molar-refractivity contribution in [2.45, 2.75) is 13.0 Å². The molecule has 0 aliphatic rings. The van der Waals surface area contributed by atoms with Crippen LogP contribution < -0.4 is 16.0 Å². The Labute approximate surface area is 189 Å². The molecule has 0 aliphatic carbocycles. The lowest BCUT2D eigenvalue weighted by Crippen LogP contribution is -2.44. The third-order valence-corrected chi connectivity index (χ3v) is 6.32. The van der Waals surface area contributed by atoms with Crippen LogP contribution in [0.2, 0.25) is 0 Å². The van der Waals surface area contributed by atoms with Crippen molar-refractivity contribution < 1.29 is 29.4 Å². The summed E-state index contributed by atoms with van der Waals surface area (Å²) in [6.07, 6.45) is 0. The normalized spacial score (nSPS) is 11.5. The molecule has 0 saturated heterocycles. The quantitative estimate of drug-likeness (QED) is 0.280. The Morgan fingerprint density at radius 3 is 1.88 bits per heavy atom. The SMILES string of the molecule is CNC(=O)c1c(I)c(NC(C)=O)c(I)c(C(=O)NC(CO)C(=O)O)c1I. The van der Waals surface area contributed by atoms with Gasteiger partial charge in [-0.15, -0.1) is 0 Å². The van der Waals surface area contributed by atoms with Gasteiger partial charge >= 0.3 is 5.97 Å². The number of benzene rings is 1. The largest absolute Gasteiger partial charge is 0.480 e. The molecule has 0 aliphatic heterocycles. The number of carbonyl (C=O) groups is 4. The van der Waals surface area contributed by atoms with Crippen LogP contribution in [0.15, 0.2) is 0 Å². The van der Waals surface area contributed by atoms with Gasteiger partial charge in [0, 0.05) is 17.5 Å². The predicted molar refractivity (Wildman–Crippen MR) is 118 cm³/mol. The highest BCUT2D eigenvalue weighted by atomic mass is 127. The predicted octanol–water partition coefficient (Wildman–Crippen LogP) is 0.994. The number of anilines is 1. The molecule has 26 heavy (non-hydrogen) atoms. The second-order valence-corrected chi connectivity index (χ2v) is 8.11. The van der Waals surface area contributed by atoms with Crippen LogP contribution in [0, 0.1) is 10.7 Å². The molecule has 0 heterocycles. The Kier molecular flexibility index (Phi) is 8.94. The second-order valence-electron chi connectivity index (χ2n) is 4.87. The summed E-state index contributed by atoms with van der Waals surface area (Å²) in [6.45, 7) is 0.495. The van der Waals surface area contributed by atoms with Gasteiger partial charge in [-0.2, -0.15) is 0 Å². The molecule has 1 unspecified atom stereocenters. The van der Waals surface area contributed by atoms with Crippen LogP contribution in [0.4, 0.5) is 5.69 Å². The van der Waals surface area contributed by atoms with Crippen LogP contribution >= 0.6 is 67.8 Å². The minimum absolute atomic E-state index is 0.0358. The molecule has 0 saturated carbocycles. The molecule has 12 heteroatoms. The first-order chi connectivity index (χ1) is 12.1. The van der Waals surface area contributed by atoms with Crippen LogP contribution in [0.25, 0.3) is 0 Å². The molecular formula is C14H14I3N3O6. The molecule has 1 aromatic rings. The Morgan fingerprint density at radius 1 is 1.00 bits per heavy atom. The fourth-order valence-corrected chi connectivity index (χ4v) is 6.31. The van der Waals surface area contributed by atoms with Crippen molar-refractivity contribution in [3.05, 3.63) is 21.8 Å². The number of nitrogens with one attached hydrogen (secondary N) is 3. The van der Waals surface area contributed by atoms with Gasteiger partial charge in [-0.3, -0.25) is 14.4 Å². The summed E-state index contributed by atoms with van der Waals surface area (Å²) < 4.78 is 1.09. The maximum atomic E-state index is 12.6. The summed E-state index contributed by atoms with van der Waals surface area (Å²) in [6, 6.07) is -1.50. The van der Waals surface area contributed by atoms with E-state index in [0.29, 0.717) is 10.7 Å². The van der Waals surface area contributed by atoms with Gasteiger partial charge in [0.2, 0.25) is 5.91 Å². The maximum absolute atomic E-state index is 12.6. The molecule has 3 amide bonds. The molecule has 9 nitrogen and oxygen atoms in total. The highest BCUT2D eigenvalue weighted by Crippen LogP contribution is 2.35. The molecule has 0 radical (unpaired) electrons. The Hall–Kier alpha value is -0.750. The average Bonchev–Trinajstić information content (AvgIpc) is 2.55. The van der Waals surface area contributed by atoms with Gasteiger partial charge < -0.3 is 26.2 Å². The molecule has 5 N–H and O–H groups in total. The smallest absolute Gasteiger partial charge is 0.328 e. The molecule has 0 fully saturated rings. The standard InChI is InChI=1S/C14H14I3N3O6/c1-4(22)19-11-9(16)6(12(23)18-2)8(15)7(10(11)17)13(24)20-5(3-21)14(25)26/h5,21H,3H2,1-2H3,(H,18,23)(H,19,22)(H,20,24)(H,25,26). The zero-order valence-corrected chi connectivity index (χ0v) is 19.9. The zero-order chi connectivity index (χ0) is 20.2. The third-order valence-electron chi connectivity index (χ3n) is 3.09. The first-order valence-corrected chi connectivity index (χ1v) is 10.1. The van der Waals surface area contributed by atoms with E-state index in [1.165, 1.54) is 14.0 Å². The lowest BCUT2D eigenvalue weighted by Gasteiger charge is -2.20. The zero-order valence-electron chi connectivity index (χ0n) is 13.4. The van der Waals surface area contributed by atoms with Crippen molar-refractivity contribution in [1.82, 2.24) is 10.6 Å². The highest BCUT2D eigenvalue weighted by Gasteiger charge is 2.29. The van der Waals surface area contributed by atoms with E-state index < -0.39 is 36.3 Å². The first kappa shape index (κ1) is 23.3. The minimum atomic E-state index is -1.50. The molecule has 1 aromatic carbocycles. The van der Waals surface area contributed by atoms with Crippen molar-refractivity contribution in [2.24, 2.45) is 0 Å². The van der Waals surface area contributed by atoms with Crippen molar-refractivity contribution in [3.8, 4) is 0 Å². The lowest BCUT2D eigenvalue weighted by molar-refractivity contribution is -0.140. The summed E-state index contributed by atoms with van der Waals surface area (Å²) in [5.41, 5.74) is 0.492. The number of aliphatic carboxylic acids is 1. The van der Waals surface area contributed by atoms with Gasteiger partial charge in [-0.1, -0.05) is 0 Å². The number of aliphatic hydroxyl groups is 1. The van der Waals surface area contributed by atoms with Crippen molar-refractivity contribution in [2.75, 3.05) is 19.0 Å². The first-order valence-electron chi connectivity index (χ1n) is 6.91. The molecule has 0 aromatic heterocycles. The van der Waals surface area contributed by atoms with Gasteiger partial charge in [0.05, 0.1) is 30.6 Å². The number of carbonyl (C=O) groups excluding carboxylic acids is 3. The number of amides is 3. The number of halogens is 3. The number of hydrogen-bond donors (Lipinski definition) is 5. The number of hydrogen-bond acceptors (Lipinski definition) is 5. The monoisotopic (exact) mass is 701 g/mol. The Morgan fingerprint density at radius 2 is 1.50 bits per heavy atom. The highest BCUT2D eigenvalue weighted by molar-refractivity contribution is 14.1. The van der Waals surface area contributed by atoms with Crippen LogP contribution in [0.5, 0.6) is 0 Å². The van der Waals surface area contributed by atoms with Gasteiger partial charge in [0.15, 0.2) is 6.04 Å². The second kappa shape index (κ2) is 9.98. The molecule has 0 bridgehead atoms. The van der Waals surface area contributed by atoms with E-state index in [9.17, 15) is 19.2 Å². The topological polar surface area (TPSA) is 145 Å². The Bertz CT molecular complexity index is 784. The van der Waals surface area contributed by atoms with E-state index in [1.54, 1.807) is 0 Å². The van der Waals surface area contributed by atoms with E-state index in [2.05, 4.69) is 16.0 Å². The van der Waals surface area contributed by atoms with E-state index in [0.717, 1.165) is 0 Å². The van der Waals surface area contributed by atoms with E-state index >= 15 is 0 Å². The van der Waals surface area contributed by atoms with E-state index in [-0.39, 0.29) is 16.8 Å². The van der Waals surface area contributed by atoms with Crippen LogP contribution in [0.3, 0.4) is 0 Å². The maximum Gasteiger partial charge on any atom is 0.328 e. The number of aliphatic hydroxyl groups excluding tert-OH is 1. The summed E-state index contributed by atoms with van der Waals surface area (Å²) in [5.74, 6) is -3.04.